The van der Waals surface area contributed by atoms with Crippen molar-refractivity contribution in [2.45, 2.75) is 85.0 Å². The molecule has 1 unspecified atom stereocenters. The highest BCUT2D eigenvalue weighted by Gasteiger charge is 2.28. The summed E-state index contributed by atoms with van der Waals surface area (Å²) in [5, 5.41) is 0. The first-order chi connectivity index (χ1) is 14.7. The molecule has 0 aliphatic carbocycles. The Labute approximate surface area is 184 Å². The number of allylic oxidation sites excluding steroid dienone is 6. The van der Waals surface area contributed by atoms with Crippen LogP contribution in [0.3, 0.4) is 0 Å². The van der Waals surface area contributed by atoms with Gasteiger partial charge in [-0.25, -0.2) is 0 Å². The lowest BCUT2D eigenvalue weighted by Gasteiger charge is -2.13. The summed E-state index contributed by atoms with van der Waals surface area (Å²) in [6.45, 7) is 6.62. The van der Waals surface area contributed by atoms with E-state index >= 15 is 0 Å². The number of unbranched alkanes of at least 4 members (excludes halogenated alkanes) is 6. The minimum atomic E-state index is -0.856. The van der Waals surface area contributed by atoms with Gasteiger partial charge in [-0.05, 0) is 44.3 Å². The molecule has 0 heterocycles. The molecule has 0 rings (SSSR count). The van der Waals surface area contributed by atoms with Crippen molar-refractivity contribution >= 4 is 11.9 Å². The minimum absolute atomic E-state index is 0.161. The average molecular weight is 419 g/mol. The lowest BCUT2D eigenvalue weighted by atomic mass is 10.0. The second-order valence-electron chi connectivity index (χ2n) is 7.31. The van der Waals surface area contributed by atoms with Crippen LogP contribution in [0.25, 0.3) is 0 Å². The first-order valence-corrected chi connectivity index (χ1v) is 11.6. The van der Waals surface area contributed by atoms with E-state index in [0.717, 1.165) is 12.8 Å². The van der Waals surface area contributed by atoms with Crippen LogP contribution < -0.4 is 0 Å². The SMILES string of the molecule is CCCCCC=C/C=C\COC(=O)C(CCC)C(=O)OC/C=C/C=CCCCCC. The molecule has 0 fully saturated rings. The molecular formula is C26H42O4. The van der Waals surface area contributed by atoms with Gasteiger partial charge in [-0.2, -0.15) is 0 Å². The zero-order chi connectivity index (χ0) is 22.3. The summed E-state index contributed by atoms with van der Waals surface area (Å²) in [4.78, 5) is 24.5. The van der Waals surface area contributed by atoms with Crippen molar-refractivity contribution in [1.29, 1.82) is 0 Å². The molecule has 0 aliphatic heterocycles. The van der Waals surface area contributed by atoms with E-state index in [1.165, 1.54) is 38.5 Å². The van der Waals surface area contributed by atoms with Crippen LogP contribution in [-0.2, 0) is 19.1 Å². The Morgan fingerprint density at radius 3 is 1.47 bits per heavy atom. The number of hydrogen-bond donors (Lipinski definition) is 0. The van der Waals surface area contributed by atoms with Gasteiger partial charge in [0.15, 0.2) is 5.92 Å². The van der Waals surface area contributed by atoms with Gasteiger partial charge in [0.05, 0.1) is 0 Å². The molecule has 0 aliphatic rings. The average Bonchev–Trinajstić information content (AvgIpc) is 2.74. The van der Waals surface area contributed by atoms with Crippen LogP contribution in [0.2, 0.25) is 0 Å². The highest BCUT2D eigenvalue weighted by molar-refractivity contribution is 5.94. The zero-order valence-electron chi connectivity index (χ0n) is 19.3. The first-order valence-electron chi connectivity index (χ1n) is 11.6. The van der Waals surface area contributed by atoms with Crippen LogP contribution in [0, 0.1) is 5.92 Å². The van der Waals surface area contributed by atoms with Gasteiger partial charge < -0.3 is 9.47 Å². The molecule has 1 atom stereocenters. The Morgan fingerprint density at radius 1 is 0.633 bits per heavy atom. The quantitative estimate of drug-likeness (QED) is 0.105. The third kappa shape index (κ3) is 16.8. The van der Waals surface area contributed by atoms with Gasteiger partial charge in [0.1, 0.15) is 13.2 Å². The van der Waals surface area contributed by atoms with Crippen molar-refractivity contribution in [3.05, 3.63) is 48.6 Å². The number of hydrogen-bond acceptors (Lipinski definition) is 4. The predicted molar refractivity (Wildman–Crippen MR) is 125 cm³/mol. The molecule has 0 bridgehead atoms. The number of carbonyl (C=O) groups excluding carboxylic acids is 2. The lowest BCUT2D eigenvalue weighted by Crippen LogP contribution is -2.28. The van der Waals surface area contributed by atoms with Gasteiger partial charge in [0.2, 0.25) is 0 Å². The third-order valence-electron chi connectivity index (χ3n) is 4.51. The van der Waals surface area contributed by atoms with Gasteiger partial charge in [-0.15, -0.1) is 0 Å². The van der Waals surface area contributed by atoms with Gasteiger partial charge in [0.25, 0.3) is 0 Å². The molecule has 30 heavy (non-hydrogen) atoms. The molecule has 0 radical (unpaired) electrons. The molecule has 0 aromatic rings. The van der Waals surface area contributed by atoms with Crippen LogP contribution >= 0.6 is 0 Å². The molecule has 0 aromatic heterocycles. The number of esters is 2. The zero-order valence-corrected chi connectivity index (χ0v) is 19.3. The topological polar surface area (TPSA) is 52.6 Å². The third-order valence-corrected chi connectivity index (χ3v) is 4.51. The Kier molecular flexibility index (Phi) is 20.1. The van der Waals surface area contributed by atoms with E-state index in [1.807, 2.05) is 31.2 Å². The molecule has 0 aromatic carbocycles. The van der Waals surface area contributed by atoms with Crippen LogP contribution in [0.5, 0.6) is 0 Å². The number of rotatable bonds is 18. The van der Waals surface area contributed by atoms with Gasteiger partial charge >= 0.3 is 11.9 Å². The lowest BCUT2D eigenvalue weighted by molar-refractivity contribution is -0.161. The fourth-order valence-corrected chi connectivity index (χ4v) is 2.72. The molecule has 0 amide bonds. The highest BCUT2D eigenvalue weighted by Crippen LogP contribution is 2.11. The predicted octanol–water partition coefficient (Wildman–Crippen LogP) is 6.87. The normalized spacial score (nSPS) is 13.0. The van der Waals surface area contributed by atoms with Crippen molar-refractivity contribution in [3.8, 4) is 0 Å². The smallest absolute Gasteiger partial charge is 0.320 e. The standard InChI is InChI=1S/C26H42O4/c1-4-7-9-11-13-15-17-19-22-29-25(27)24(21-6-3)26(28)30-23-20-18-16-14-12-10-8-5-2/h13-20,24H,4-12,21-23H2,1-3H3/b15-13?,16-14?,19-17-,20-18+. The maximum absolute atomic E-state index is 12.2. The van der Waals surface area contributed by atoms with E-state index in [2.05, 4.69) is 26.0 Å². The fourth-order valence-electron chi connectivity index (χ4n) is 2.72. The summed E-state index contributed by atoms with van der Waals surface area (Å²) in [6.07, 6.45) is 26.0. The Bertz CT molecular complexity index is 497. The Hall–Kier alpha value is -2.10. The molecule has 4 nitrogen and oxygen atoms in total. The molecule has 170 valence electrons. The van der Waals surface area contributed by atoms with Gasteiger partial charge in [-0.3, -0.25) is 9.59 Å². The van der Waals surface area contributed by atoms with Crippen LogP contribution in [-0.4, -0.2) is 25.2 Å². The van der Waals surface area contributed by atoms with Crippen LogP contribution in [0.4, 0.5) is 0 Å². The highest BCUT2D eigenvalue weighted by atomic mass is 16.6. The summed E-state index contributed by atoms with van der Waals surface area (Å²) in [5.74, 6) is -1.89. The summed E-state index contributed by atoms with van der Waals surface area (Å²) in [5.41, 5.74) is 0. The minimum Gasteiger partial charge on any atom is -0.461 e. The van der Waals surface area contributed by atoms with Crippen molar-refractivity contribution < 1.29 is 19.1 Å². The molecule has 0 N–H and O–H groups in total. The summed E-state index contributed by atoms with van der Waals surface area (Å²) in [7, 11) is 0. The van der Waals surface area contributed by atoms with Crippen molar-refractivity contribution in [2.75, 3.05) is 13.2 Å². The largest absolute Gasteiger partial charge is 0.461 e. The summed E-state index contributed by atoms with van der Waals surface area (Å²) < 4.78 is 10.4. The molecule has 0 saturated heterocycles. The van der Waals surface area contributed by atoms with Crippen molar-refractivity contribution in [3.63, 3.8) is 0 Å². The van der Waals surface area contributed by atoms with Crippen LogP contribution in [0.1, 0.15) is 85.0 Å². The van der Waals surface area contributed by atoms with Gasteiger partial charge in [0, 0.05) is 0 Å². The Morgan fingerprint density at radius 2 is 1.07 bits per heavy atom. The first kappa shape index (κ1) is 27.9. The fraction of sp³-hybridized carbons (Fsp3) is 0.615. The monoisotopic (exact) mass is 418 g/mol. The van der Waals surface area contributed by atoms with E-state index in [0.29, 0.717) is 12.8 Å². The second kappa shape index (κ2) is 21.6. The number of carbonyl (C=O) groups is 2. The van der Waals surface area contributed by atoms with Crippen molar-refractivity contribution in [1.82, 2.24) is 0 Å². The van der Waals surface area contributed by atoms with E-state index < -0.39 is 17.9 Å². The maximum atomic E-state index is 12.2. The molecule has 0 spiro atoms. The summed E-state index contributed by atoms with van der Waals surface area (Å²) in [6, 6.07) is 0. The van der Waals surface area contributed by atoms with Crippen molar-refractivity contribution in [2.24, 2.45) is 5.92 Å². The van der Waals surface area contributed by atoms with E-state index in [-0.39, 0.29) is 13.2 Å². The number of ether oxygens (including phenoxy) is 2. The molecule has 0 saturated carbocycles. The Balaban J connectivity index is 4.19. The van der Waals surface area contributed by atoms with E-state index in [4.69, 9.17) is 9.47 Å². The molecule has 4 heteroatoms. The molecular weight excluding hydrogens is 376 g/mol. The van der Waals surface area contributed by atoms with Crippen LogP contribution in [0.15, 0.2) is 48.6 Å². The van der Waals surface area contributed by atoms with Gasteiger partial charge in [-0.1, -0.05) is 89.3 Å². The maximum Gasteiger partial charge on any atom is 0.320 e. The second-order valence-corrected chi connectivity index (χ2v) is 7.31. The van der Waals surface area contributed by atoms with E-state index in [9.17, 15) is 9.59 Å². The van der Waals surface area contributed by atoms with E-state index in [1.54, 1.807) is 12.2 Å². The summed E-state index contributed by atoms with van der Waals surface area (Å²) >= 11 is 0.